The average molecular weight is 289 g/mol. The third-order valence-electron chi connectivity index (χ3n) is 4.08. The first-order valence-electron chi connectivity index (χ1n) is 7.41. The van der Waals surface area contributed by atoms with Crippen LogP contribution in [0.15, 0.2) is 28.8 Å². The van der Waals surface area contributed by atoms with E-state index >= 15 is 0 Å². The lowest BCUT2D eigenvalue weighted by molar-refractivity contribution is 0.211. The largest absolute Gasteiger partial charge is 0.338 e. The molecule has 0 spiro atoms. The number of hydrogen-bond acceptors (Lipinski definition) is 4. The molecule has 1 heterocycles. The molecule has 1 aromatic heterocycles. The van der Waals surface area contributed by atoms with Gasteiger partial charge in [-0.05, 0) is 50.9 Å². The molecule has 1 aromatic carbocycles. The maximum atomic E-state index is 12.9. The van der Waals surface area contributed by atoms with Crippen LogP contribution in [0.5, 0.6) is 0 Å². The van der Waals surface area contributed by atoms with E-state index in [0.717, 1.165) is 24.4 Å². The quantitative estimate of drug-likeness (QED) is 0.818. The van der Waals surface area contributed by atoms with E-state index in [4.69, 9.17) is 4.52 Å². The lowest BCUT2D eigenvalue weighted by atomic mass is 10.1. The molecular formula is C16H20FN3O. The second-order valence-electron chi connectivity index (χ2n) is 5.80. The van der Waals surface area contributed by atoms with Gasteiger partial charge in [0.25, 0.3) is 0 Å². The van der Waals surface area contributed by atoms with Gasteiger partial charge in [0.15, 0.2) is 5.82 Å². The molecule has 1 saturated carbocycles. The lowest BCUT2D eigenvalue weighted by Gasteiger charge is -2.21. The molecule has 4 nitrogen and oxygen atoms in total. The maximum Gasteiger partial charge on any atom is 0.243 e. The van der Waals surface area contributed by atoms with Gasteiger partial charge in [-0.1, -0.05) is 17.3 Å². The number of aromatic nitrogens is 2. The predicted molar refractivity (Wildman–Crippen MR) is 77.4 cm³/mol. The topological polar surface area (TPSA) is 42.2 Å². The average Bonchev–Trinajstić information content (AvgIpc) is 3.23. The molecule has 1 aliphatic carbocycles. The molecule has 1 fully saturated rings. The van der Waals surface area contributed by atoms with Gasteiger partial charge in [-0.25, -0.2) is 4.39 Å². The highest BCUT2D eigenvalue weighted by Crippen LogP contribution is 2.38. The van der Waals surface area contributed by atoms with Crippen LogP contribution < -0.4 is 0 Å². The van der Waals surface area contributed by atoms with Crippen LogP contribution in [-0.2, 0) is 6.42 Å². The molecule has 21 heavy (non-hydrogen) atoms. The minimum Gasteiger partial charge on any atom is -0.338 e. The van der Waals surface area contributed by atoms with Gasteiger partial charge in [0, 0.05) is 12.5 Å². The van der Waals surface area contributed by atoms with Crippen LogP contribution in [0.25, 0.3) is 0 Å². The number of halogens is 1. The fourth-order valence-electron chi connectivity index (χ4n) is 2.26. The van der Waals surface area contributed by atoms with Crippen LogP contribution in [0.3, 0.4) is 0 Å². The van der Waals surface area contributed by atoms with Gasteiger partial charge in [0.05, 0.1) is 6.04 Å². The summed E-state index contributed by atoms with van der Waals surface area (Å²) in [6, 6.07) is 6.74. The zero-order valence-electron chi connectivity index (χ0n) is 12.4. The molecule has 0 N–H and O–H groups in total. The Morgan fingerprint density at radius 2 is 2.05 bits per heavy atom. The Balaban J connectivity index is 1.55. The molecule has 2 aromatic rings. The van der Waals surface area contributed by atoms with Crippen molar-refractivity contribution in [1.82, 2.24) is 15.0 Å². The first-order chi connectivity index (χ1) is 10.1. The molecule has 0 aliphatic heterocycles. The third-order valence-corrected chi connectivity index (χ3v) is 4.08. The van der Waals surface area contributed by atoms with Gasteiger partial charge in [-0.2, -0.15) is 4.98 Å². The summed E-state index contributed by atoms with van der Waals surface area (Å²) in [6.07, 6.45) is 3.21. The molecule has 0 saturated heterocycles. The van der Waals surface area contributed by atoms with Crippen molar-refractivity contribution < 1.29 is 8.91 Å². The van der Waals surface area contributed by atoms with Gasteiger partial charge in [-0.3, -0.25) is 4.90 Å². The summed E-state index contributed by atoms with van der Waals surface area (Å²) in [5, 5.41) is 4.06. The molecule has 5 heteroatoms. The molecule has 0 amide bonds. The second kappa shape index (κ2) is 5.93. The summed E-state index contributed by atoms with van der Waals surface area (Å²) in [5.74, 6) is 1.85. The standard InChI is InChI=1S/C16H20FN3O/c1-11(16-18-15(19-21-16)13-5-6-13)20(2)10-9-12-3-7-14(17)8-4-12/h3-4,7-8,11,13H,5-6,9-10H2,1-2H3. The van der Waals surface area contributed by atoms with E-state index in [2.05, 4.69) is 22.0 Å². The van der Waals surface area contributed by atoms with E-state index in [0.29, 0.717) is 11.8 Å². The fraction of sp³-hybridized carbons (Fsp3) is 0.500. The summed E-state index contributed by atoms with van der Waals surface area (Å²) in [7, 11) is 2.04. The van der Waals surface area contributed by atoms with Crippen molar-refractivity contribution in [3.8, 4) is 0 Å². The Hall–Kier alpha value is -1.75. The maximum absolute atomic E-state index is 12.9. The van der Waals surface area contributed by atoms with Crippen molar-refractivity contribution in [2.75, 3.05) is 13.6 Å². The molecular weight excluding hydrogens is 269 g/mol. The van der Waals surface area contributed by atoms with Crippen LogP contribution in [0, 0.1) is 5.82 Å². The fourth-order valence-corrected chi connectivity index (χ4v) is 2.26. The van der Waals surface area contributed by atoms with Crippen LogP contribution >= 0.6 is 0 Å². The zero-order valence-corrected chi connectivity index (χ0v) is 12.4. The Labute approximate surface area is 124 Å². The molecule has 0 radical (unpaired) electrons. The number of likely N-dealkylation sites (N-methyl/N-ethyl adjacent to an activating group) is 1. The number of hydrogen-bond donors (Lipinski definition) is 0. The van der Waals surface area contributed by atoms with E-state index in [1.807, 2.05) is 19.2 Å². The molecule has 3 rings (SSSR count). The van der Waals surface area contributed by atoms with Crippen LogP contribution in [-0.4, -0.2) is 28.6 Å². The molecule has 1 aliphatic rings. The SMILES string of the molecule is CC(c1nc(C2CC2)no1)N(C)CCc1ccc(F)cc1. The third kappa shape index (κ3) is 3.47. The van der Waals surface area contributed by atoms with E-state index in [1.54, 1.807) is 0 Å². The molecule has 1 atom stereocenters. The highest BCUT2D eigenvalue weighted by atomic mass is 19.1. The van der Waals surface area contributed by atoms with Crippen molar-refractivity contribution in [2.24, 2.45) is 0 Å². The molecule has 1 unspecified atom stereocenters. The zero-order chi connectivity index (χ0) is 14.8. The smallest absolute Gasteiger partial charge is 0.243 e. The minimum absolute atomic E-state index is 0.0884. The minimum atomic E-state index is -0.195. The van der Waals surface area contributed by atoms with Crippen molar-refractivity contribution in [2.45, 2.75) is 38.1 Å². The summed E-state index contributed by atoms with van der Waals surface area (Å²) >= 11 is 0. The van der Waals surface area contributed by atoms with E-state index in [-0.39, 0.29) is 11.9 Å². The van der Waals surface area contributed by atoms with Crippen molar-refractivity contribution in [3.63, 3.8) is 0 Å². The van der Waals surface area contributed by atoms with Crippen LogP contribution in [0.2, 0.25) is 0 Å². The van der Waals surface area contributed by atoms with Gasteiger partial charge in [-0.15, -0.1) is 0 Å². The number of rotatable bonds is 6. The van der Waals surface area contributed by atoms with Gasteiger partial charge >= 0.3 is 0 Å². The number of nitrogens with zero attached hydrogens (tertiary/aromatic N) is 3. The van der Waals surface area contributed by atoms with Crippen LogP contribution in [0.4, 0.5) is 4.39 Å². The summed E-state index contributed by atoms with van der Waals surface area (Å²) < 4.78 is 18.2. The highest BCUT2D eigenvalue weighted by molar-refractivity contribution is 5.16. The van der Waals surface area contributed by atoms with Crippen molar-refractivity contribution in [3.05, 3.63) is 47.4 Å². The molecule has 0 bridgehead atoms. The predicted octanol–water partition coefficient (Wildman–Crippen LogP) is 3.32. The molecule has 112 valence electrons. The summed E-state index contributed by atoms with van der Waals surface area (Å²) in [6.45, 7) is 2.92. The summed E-state index contributed by atoms with van der Waals surface area (Å²) in [5.41, 5.74) is 1.12. The normalized spacial score (nSPS) is 16.4. The Bertz CT molecular complexity index is 592. The monoisotopic (exact) mass is 289 g/mol. The second-order valence-corrected chi connectivity index (χ2v) is 5.80. The van der Waals surface area contributed by atoms with E-state index in [9.17, 15) is 4.39 Å². The van der Waals surface area contributed by atoms with Gasteiger partial charge in [0.1, 0.15) is 5.82 Å². The first-order valence-corrected chi connectivity index (χ1v) is 7.41. The van der Waals surface area contributed by atoms with Crippen molar-refractivity contribution in [1.29, 1.82) is 0 Å². The lowest BCUT2D eigenvalue weighted by Crippen LogP contribution is -2.25. The number of benzene rings is 1. The van der Waals surface area contributed by atoms with Gasteiger partial charge in [0.2, 0.25) is 5.89 Å². The summed E-state index contributed by atoms with van der Waals surface area (Å²) in [4.78, 5) is 6.66. The van der Waals surface area contributed by atoms with Crippen LogP contribution in [0.1, 0.15) is 49.0 Å². The Morgan fingerprint density at radius 3 is 2.71 bits per heavy atom. The van der Waals surface area contributed by atoms with Gasteiger partial charge < -0.3 is 4.52 Å². The first kappa shape index (κ1) is 14.2. The van der Waals surface area contributed by atoms with E-state index in [1.165, 1.54) is 25.0 Å². The Morgan fingerprint density at radius 1 is 1.33 bits per heavy atom. The Kier molecular flexibility index (Phi) is 4.01. The highest BCUT2D eigenvalue weighted by Gasteiger charge is 2.30. The van der Waals surface area contributed by atoms with E-state index < -0.39 is 0 Å². The van der Waals surface area contributed by atoms with Crippen molar-refractivity contribution >= 4 is 0 Å².